The van der Waals surface area contributed by atoms with Gasteiger partial charge in [0.1, 0.15) is 6.10 Å². The van der Waals surface area contributed by atoms with Gasteiger partial charge in [-0.15, -0.1) is 0 Å². The molecule has 0 bridgehead atoms. The standard InChI is InChI=1S/C16H24N2O2/c1-3-7-14(19)11-18(2)12-15-10-16(17-20-15)13-8-5-4-6-9-13/h4-6,8-9,14-15,19H,3,7,10-12H2,1-2H3. The Kier molecular flexibility index (Phi) is 5.56. The highest BCUT2D eigenvalue weighted by Gasteiger charge is 2.23. The second kappa shape index (κ2) is 7.41. The summed E-state index contributed by atoms with van der Waals surface area (Å²) in [7, 11) is 2.02. The molecule has 2 atom stereocenters. The van der Waals surface area contributed by atoms with Crippen molar-refractivity contribution in [3.05, 3.63) is 35.9 Å². The average Bonchev–Trinajstić information content (AvgIpc) is 2.88. The van der Waals surface area contributed by atoms with Gasteiger partial charge in [0.05, 0.1) is 11.8 Å². The first kappa shape index (κ1) is 15.0. The zero-order valence-electron chi connectivity index (χ0n) is 12.3. The summed E-state index contributed by atoms with van der Waals surface area (Å²) >= 11 is 0. The molecule has 0 fully saturated rings. The van der Waals surface area contributed by atoms with E-state index in [-0.39, 0.29) is 12.2 Å². The highest BCUT2D eigenvalue weighted by Crippen LogP contribution is 2.17. The van der Waals surface area contributed by atoms with Crippen LogP contribution >= 0.6 is 0 Å². The van der Waals surface area contributed by atoms with Crippen LogP contribution in [-0.2, 0) is 4.84 Å². The van der Waals surface area contributed by atoms with Crippen LogP contribution in [0, 0.1) is 0 Å². The van der Waals surface area contributed by atoms with Gasteiger partial charge in [0.2, 0.25) is 0 Å². The summed E-state index contributed by atoms with van der Waals surface area (Å²) in [5, 5.41) is 14.0. The Morgan fingerprint density at radius 3 is 2.85 bits per heavy atom. The fraction of sp³-hybridized carbons (Fsp3) is 0.562. The first-order valence-electron chi connectivity index (χ1n) is 7.33. The fourth-order valence-corrected chi connectivity index (χ4v) is 2.53. The van der Waals surface area contributed by atoms with Crippen LogP contribution in [0.4, 0.5) is 0 Å². The van der Waals surface area contributed by atoms with Crippen LogP contribution in [-0.4, -0.2) is 48.1 Å². The number of benzene rings is 1. The van der Waals surface area contributed by atoms with E-state index in [0.717, 1.165) is 37.1 Å². The molecule has 1 N–H and O–H groups in total. The van der Waals surface area contributed by atoms with Crippen LogP contribution in [0.3, 0.4) is 0 Å². The molecular weight excluding hydrogens is 252 g/mol. The van der Waals surface area contributed by atoms with Gasteiger partial charge in [-0.1, -0.05) is 48.8 Å². The second-order valence-electron chi connectivity index (χ2n) is 5.50. The number of oxime groups is 1. The van der Waals surface area contributed by atoms with E-state index in [1.165, 1.54) is 0 Å². The summed E-state index contributed by atoms with van der Waals surface area (Å²) in [5.74, 6) is 0. The molecule has 0 saturated carbocycles. The molecule has 0 aromatic heterocycles. The third-order valence-electron chi connectivity index (χ3n) is 3.50. The number of hydrogen-bond acceptors (Lipinski definition) is 4. The topological polar surface area (TPSA) is 45.1 Å². The smallest absolute Gasteiger partial charge is 0.145 e. The number of aliphatic hydroxyl groups is 1. The van der Waals surface area contributed by atoms with Crippen molar-refractivity contribution in [2.45, 2.75) is 38.4 Å². The predicted molar refractivity (Wildman–Crippen MR) is 80.9 cm³/mol. The molecule has 1 aliphatic heterocycles. The Labute approximate surface area is 121 Å². The van der Waals surface area contributed by atoms with Crippen LogP contribution in [0.1, 0.15) is 31.7 Å². The molecule has 4 heteroatoms. The largest absolute Gasteiger partial charge is 0.392 e. The van der Waals surface area contributed by atoms with Gasteiger partial charge in [-0.3, -0.25) is 0 Å². The van der Waals surface area contributed by atoms with Gasteiger partial charge in [0, 0.05) is 19.5 Å². The van der Waals surface area contributed by atoms with Gasteiger partial charge >= 0.3 is 0 Å². The minimum Gasteiger partial charge on any atom is -0.392 e. The Hall–Kier alpha value is -1.39. The average molecular weight is 276 g/mol. The quantitative estimate of drug-likeness (QED) is 0.831. The number of rotatable bonds is 7. The van der Waals surface area contributed by atoms with Gasteiger partial charge in [-0.2, -0.15) is 0 Å². The molecule has 2 unspecified atom stereocenters. The second-order valence-corrected chi connectivity index (χ2v) is 5.50. The molecule has 1 aromatic carbocycles. The van der Waals surface area contributed by atoms with Gasteiger partial charge in [-0.05, 0) is 19.0 Å². The maximum atomic E-state index is 9.81. The highest BCUT2D eigenvalue weighted by atomic mass is 16.6. The van der Waals surface area contributed by atoms with E-state index in [1.54, 1.807) is 0 Å². The SMILES string of the molecule is CCCC(O)CN(C)CC1CC(c2ccccc2)=NO1. The summed E-state index contributed by atoms with van der Waals surface area (Å²) < 4.78 is 0. The maximum Gasteiger partial charge on any atom is 0.145 e. The zero-order valence-corrected chi connectivity index (χ0v) is 12.3. The van der Waals surface area contributed by atoms with Crippen molar-refractivity contribution >= 4 is 5.71 Å². The van der Waals surface area contributed by atoms with Crippen molar-refractivity contribution in [2.24, 2.45) is 5.16 Å². The summed E-state index contributed by atoms with van der Waals surface area (Å²) in [4.78, 5) is 7.62. The van der Waals surface area contributed by atoms with Crippen molar-refractivity contribution in [3.63, 3.8) is 0 Å². The first-order valence-corrected chi connectivity index (χ1v) is 7.33. The minimum atomic E-state index is -0.249. The lowest BCUT2D eigenvalue weighted by molar-refractivity contribution is 0.0427. The molecule has 0 saturated heterocycles. The van der Waals surface area contributed by atoms with Crippen molar-refractivity contribution < 1.29 is 9.94 Å². The van der Waals surface area contributed by atoms with Crippen molar-refractivity contribution in [1.29, 1.82) is 0 Å². The summed E-state index contributed by atoms with van der Waals surface area (Å²) in [6.45, 7) is 3.57. The van der Waals surface area contributed by atoms with E-state index in [1.807, 2.05) is 25.2 Å². The summed E-state index contributed by atoms with van der Waals surface area (Å²) in [6, 6.07) is 10.1. The van der Waals surface area contributed by atoms with Gasteiger partial charge in [0.15, 0.2) is 0 Å². The van der Waals surface area contributed by atoms with E-state index in [9.17, 15) is 5.11 Å². The van der Waals surface area contributed by atoms with Crippen LogP contribution in [0.15, 0.2) is 35.5 Å². The van der Waals surface area contributed by atoms with Crippen molar-refractivity contribution in [3.8, 4) is 0 Å². The van der Waals surface area contributed by atoms with Crippen molar-refractivity contribution in [2.75, 3.05) is 20.1 Å². The number of aliphatic hydroxyl groups excluding tert-OH is 1. The predicted octanol–water partition coefficient (Wildman–Crippen LogP) is 2.27. The van der Waals surface area contributed by atoms with Crippen LogP contribution in [0.5, 0.6) is 0 Å². The molecule has 1 aliphatic rings. The van der Waals surface area contributed by atoms with E-state index < -0.39 is 0 Å². The lowest BCUT2D eigenvalue weighted by Gasteiger charge is -2.22. The first-order chi connectivity index (χ1) is 9.69. The van der Waals surface area contributed by atoms with E-state index in [4.69, 9.17) is 4.84 Å². The minimum absolute atomic E-state index is 0.0871. The zero-order chi connectivity index (χ0) is 14.4. The van der Waals surface area contributed by atoms with Gasteiger partial charge < -0.3 is 14.8 Å². The van der Waals surface area contributed by atoms with Crippen molar-refractivity contribution in [1.82, 2.24) is 4.90 Å². The molecule has 4 nitrogen and oxygen atoms in total. The lowest BCUT2D eigenvalue weighted by Crippen LogP contribution is -2.35. The van der Waals surface area contributed by atoms with Crippen LogP contribution in [0.2, 0.25) is 0 Å². The molecule has 0 radical (unpaired) electrons. The summed E-state index contributed by atoms with van der Waals surface area (Å²) in [6.07, 6.45) is 2.53. The molecule has 1 aromatic rings. The van der Waals surface area contributed by atoms with Crippen LogP contribution in [0.25, 0.3) is 0 Å². The molecule has 0 amide bonds. The Morgan fingerprint density at radius 1 is 1.40 bits per heavy atom. The number of nitrogens with zero attached hydrogens (tertiary/aromatic N) is 2. The highest BCUT2D eigenvalue weighted by molar-refractivity contribution is 6.01. The lowest BCUT2D eigenvalue weighted by atomic mass is 10.0. The van der Waals surface area contributed by atoms with Gasteiger partial charge in [0.25, 0.3) is 0 Å². The molecule has 20 heavy (non-hydrogen) atoms. The van der Waals surface area contributed by atoms with E-state index in [0.29, 0.717) is 6.54 Å². The molecule has 110 valence electrons. The Bertz CT molecular complexity index is 433. The molecule has 2 rings (SSSR count). The molecule has 0 aliphatic carbocycles. The fourth-order valence-electron chi connectivity index (χ4n) is 2.53. The molecule has 1 heterocycles. The summed E-state index contributed by atoms with van der Waals surface area (Å²) in [5.41, 5.74) is 2.14. The van der Waals surface area contributed by atoms with E-state index in [2.05, 4.69) is 29.1 Å². The Morgan fingerprint density at radius 2 is 2.15 bits per heavy atom. The third kappa shape index (κ3) is 4.32. The van der Waals surface area contributed by atoms with Crippen LogP contribution < -0.4 is 0 Å². The Balaban J connectivity index is 1.77. The molecular formula is C16H24N2O2. The number of likely N-dealkylation sites (N-methyl/N-ethyl adjacent to an activating group) is 1. The normalized spacial score (nSPS) is 19.8. The number of hydrogen-bond donors (Lipinski definition) is 1. The van der Waals surface area contributed by atoms with E-state index >= 15 is 0 Å². The monoisotopic (exact) mass is 276 g/mol. The van der Waals surface area contributed by atoms with Gasteiger partial charge in [-0.25, -0.2) is 0 Å². The third-order valence-corrected chi connectivity index (χ3v) is 3.50. The molecule has 0 spiro atoms. The maximum absolute atomic E-state index is 9.81.